The van der Waals surface area contributed by atoms with Crippen LogP contribution in [0.3, 0.4) is 0 Å². The summed E-state index contributed by atoms with van der Waals surface area (Å²) in [5, 5.41) is 0. The topological polar surface area (TPSA) is 9.23 Å². The molecule has 0 saturated heterocycles. The zero-order valence-electron chi connectivity index (χ0n) is 16.6. The van der Waals surface area contributed by atoms with Gasteiger partial charge in [-0.3, -0.25) is 0 Å². The lowest BCUT2D eigenvalue weighted by molar-refractivity contribution is 0.295. The second kappa shape index (κ2) is 7.85. The van der Waals surface area contributed by atoms with Crippen molar-refractivity contribution in [3.8, 4) is 5.75 Å². The van der Waals surface area contributed by atoms with Gasteiger partial charge in [-0.2, -0.15) is 4.39 Å². The molecule has 1 fully saturated rings. The van der Waals surface area contributed by atoms with E-state index in [0.29, 0.717) is 31.4 Å². The van der Waals surface area contributed by atoms with Crippen LogP contribution in [0.2, 0.25) is 0 Å². The third-order valence-electron chi connectivity index (χ3n) is 6.36. The lowest BCUT2D eigenvalue weighted by Gasteiger charge is -2.22. The van der Waals surface area contributed by atoms with Gasteiger partial charge in [0.05, 0.1) is 6.61 Å². The molecule has 29 heavy (non-hydrogen) atoms. The van der Waals surface area contributed by atoms with Gasteiger partial charge in [-0.1, -0.05) is 25.1 Å². The first kappa shape index (κ1) is 20.0. The van der Waals surface area contributed by atoms with E-state index >= 15 is 0 Å². The molecule has 0 radical (unpaired) electrons. The molecule has 2 aliphatic carbocycles. The average Bonchev–Trinajstić information content (AvgIpc) is 3.30. The summed E-state index contributed by atoms with van der Waals surface area (Å²) in [5.41, 5.74) is 1.69. The fraction of sp³-hybridized carbons (Fsp3) is 0.417. The lowest BCUT2D eigenvalue weighted by atomic mass is 9.83. The molecule has 4 rings (SSSR count). The van der Waals surface area contributed by atoms with Gasteiger partial charge in [0.15, 0.2) is 23.2 Å². The summed E-state index contributed by atoms with van der Waals surface area (Å²) in [6.45, 7) is 3.76. The predicted molar refractivity (Wildman–Crippen MR) is 105 cm³/mol. The van der Waals surface area contributed by atoms with E-state index in [1.165, 1.54) is 6.07 Å². The number of hydrogen-bond donors (Lipinski definition) is 0. The van der Waals surface area contributed by atoms with Crippen molar-refractivity contribution in [2.24, 2.45) is 11.8 Å². The van der Waals surface area contributed by atoms with Crippen LogP contribution >= 0.6 is 0 Å². The highest BCUT2D eigenvalue weighted by molar-refractivity contribution is 5.71. The molecule has 2 aromatic carbocycles. The highest BCUT2D eigenvalue weighted by atomic mass is 19.2. The highest BCUT2D eigenvalue weighted by Gasteiger charge is 2.43. The van der Waals surface area contributed by atoms with Crippen molar-refractivity contribution in [3.63, 3.8) is 0 Å². The molecule has 1 nitrogen and oxygen atoms in total. The monoisotopic (exact) mass is 404 g/mol. The number of rotatable bonds is 5. The molecule has 1 saturated carbocycles. The maximum Gasteiger partial charge on any atom is 0.201 e. The Labute approximate surface area is 168 Å². The van der Waals surface area contributed by atoms with Crippen molar-refractivity contribution in [3.05, 3.63) is 70.3 Å². The van der Waals surface area contributed by atoms with Gasteiger partial charge in [-0.05, 0) is 79.2 Å². The number of hydrogen-bond acceptors (Lipinski definition) is 1. The molecular formula is C24H24F4O. The van der Waals surface area contributed by atoms with Gasteiger partial charge in [0.25, 0.3) is 0 Å². The Morgan fingerprint density at radius 1 is 0.897 bits per heavy atom. The number of aryl methyl sites for hydroxylation is 1. The molecular weight excluding hydrogens is 380 g/mol. The van der Waals surface area contributed by atoms with Crippen LogP contribution in [0, 0.1) is 42.0 Å². The maximum absolute atomic E-state index is 14.8. The Morgan fingerprint density at radius 2 is 1.66 bits per heavy atom. The molecule has 2 aliphatic rings. The van der Waals surface area contributed by atoms with Crippen LogP contribution in [0.4, 0.5) is 17.6 Å². The van der Waals surface area contributed by atoms with Crippen LogP contribution < -0.4 is 4.74 Å². The van der Waals surface area contributed by atoms with Crippen LogP contribution in [0.25, 0.3) is 5.57 Å². The van der Waals surface area contributed by atoms with E-state index < -0.39 is 23.3 Å². The normalized spacial score (nSPS) is 23.2. The van der Waals surface area contributed by atoms with Crippen LogP contribution in [-0.4, -0.2) is 6.61 Å². The minimum atomic E-state index is -0.971. The first-order valence-electron chi connectivity index (χ1n) is 10.2. The summed E-state index contributed by atoms with van der Waals surface area (Å²) >= 11 is 0. The molecule has 0 aliphatic heterocycles. The zero-order chi connectivity index (χ0) is 20.7. The largest absolute Gasteiger partial charge is 0.490 e. The van der Waals surface area contributed by atoms with E-state index in [-0.39, 0.29) is 34.6 Å². The Balaban J connectivity index is 1.60. The van der Waals surface area contributed by atoms with Crippen LogP contribution in [0.5, 0.6) is 5.75 Å². The van der Waals surface area contributed by atoms with Crippen molar-refractivity contribution in [1.82, 2.24) is 0 Å². The Kier molecular flexibility index (Phi) is 5.41. The zero-order valence-corrected chi connectivity index (χ0v) is 16.6. The smallest absolute Gasteiger partial charge is 0.201 e. The Hall–Kier alpha value is -2.30. The third kappa shape index (κ3) is 3.34. The van der Waals surface area contributed by atoms with Gasteiger partial charge in [0.1, 0.15) is 0 Å². The molecule has 154 valence electrons. The average molecular weight is 404 g/mol. The quantitative estimate of drug-likeness (QED) is 0.491. The Morgan fingerprint density at radius 3 is 2.41 bits per heavy atom. The SMILES string of the molecule is CCCOc1ccc(C2=CCC3C2CCC3c2ccc(C)c(F)c2F)c(F)c1F. The van der Waals surface area contributed by atoms with E-state index in [1.54, 1.807) is 25.1 Å². The standard InChI is InChI=1S/C24H24F4O/c1-3-12-29-20-11-10-19(23(27)24(20)28)17-9-7-14-15(17)6-8-16(14)18-5-4-13(2)21(25)22(18)26/h4-5,9-11,14-16H,3,6-8,12H2,1-2H3. The molecule has 5 heteroatoms. The van der Waals surface area contributed by atoms with E-state index in [0.717, 1.165) is 12.0 Å². The number of benzene rings is 2. The number of halogens is 4. The Bertz CT molecular complexity index is 966. The van der Waals surface area contributed by atoms with Crippen LogP contribution in [-0.2, 0) is 0 Å². The molecule has 0 amide bonds. The number of fused-ring (bicyclic) bond motifs is 1. The molecule has 0 N–H and O–H groups in total. The molecule has 0 heterocycles. The van der Waals surface area contributed by atoms with Gasteiger partial charge in [-0.15, -0.1) is 0 Å². The second-order valence-corrected chi connectivity index (χ2v) is 8.04. The first-order valence-corrected chi connectivity index (χ1v) is 10.2. The van der Waals surface area contributed by atoms with Crippen molar-refractivity contribution in [1.29, 1.82) is 0 Å². The van der Waals surface area contributed by atoms with Gasteiger partial charge in [0.2, 0.25) is 5.82 Å². The molecule has 2 aromatic rings. The summed E-state index contributed by atoms with van der Waals surface area (Å²) in [4.78, 5) is 0. The second-order valence-electron chi connectivity index (χ2n) is 8.04. The maximum atomic E-state index is 14.8. The summed E-state index contributed by atoms with van der Waals surface area (Å²) < 4.78 is 63.1. The van der Waals surface area contributed by atoms with Gasteiger partial charge >= 0.3 is 0 Å². The fourth-order valence-electron chi connectivity index (χ4n) is 4.92. The fourth-order valence-corrected chi connectivity index (χ4v) is 4.92. The molecule has 0 bridgehead atoms. The van der Waals surface area contributed by atoms with Gasteiger partial charge < -0.3 is 4.74 Å². The van der Waals surface area contributed by atoms with Crippen molar-refractivity contribution < 1.29 is 22.3 Å². The molecule has 0 spiro atoms. The van der Waals surface area contributed by atoms with Crippen molar-refractivity contribution in [2.45, 2.75) is 45.4 Å². The first-order chi connectivity index (χ1) is 13.9. The minimum absolute atomic E-state index is 0.0140. The van der Waals surface area contributed by atoms with Gasteiger partial charge in [0, 0.05) is 5.56 Å². The number of allylic oxidation sites excluding steroid dienone is 2. The molecule has 3 atom stereocenters. The van der Waals surface area contributed by atoms with Crippen LogP contribution in [0.15, 0.2) is 30.3 Å². The summed E-state index contributed by atoms with van der Waals surface area (Å²) in [7, 11) is 0. The predicted octanol–water partition coefficient (Wildman–Crippen LogP) is 6.94. The molecule has 0 aromatic heterocycles. The minimum Gasteiger partial charge on any atom is -0.490 e. The van der Waals surface area contributed by atoms with Crippen molar-refractivity contribution in [2.75, 3.05) is 6.61 Å². The van der Waals surface area contributed by atoms with E-state index in [2.05, 4.69) is 0 Å². The molecule has 3 unspecified atom stereocenters. The summed E-state index contributed by atoms with van der Waals surface area (Å²) in [5.74, 6) is -3.57. The number of ether oxygens (including phenoxy) is 1. The summed E-state index contributed by atoms with van der Waals surface area (Å²) in [6, 6.07) is 6.31. The van der Waals surface area contributed by atoms with Crippen molar-refractivity contribution >= 4 is 5.57 Å². The lowest BCUT2D eigenvalue weighted by Crippen LogP contribution is -2.13. The van der Waals surface area contributed by atoms with E-state index in [9.17, 15) is 17.6 Å². The van der Waals surface area contributed by atoms with E-state index in [4.69, 9.17) is 4.74 Å². The van der Waals surface area contributed by atoms with Crippen LogP contribution in [0.1, 0.15) is 55.2 Å². The van der Waals surface area contributed by atoms with Gasteiger partial charge in [-0.25, -0.2) is 13.2 Å². The summed E-state index contributed by atoms with van der Waals surface area (Å²) in [6.07, 6.45) is 4.72. The highest BCUT2D eigenvalue weighted by Crippen LogP contribution is 2.55. The van der Waals surface area contributed by atoms with E-state index in [1.807, 2.05) is 13.0 Å². The third-order valence-corrected chi connectivity index (χ3v) is 6.36.